The molecule has 1 N–H and O–H groups in total. The van der Waals surface area contributed by atoms with Crippen molar-refractivity contribution >= 4 is 5.91 Å². The normalized spacial score (nSPS) is 21.0. The van der Waals surface area contributed by atoms with E-state index >= 15 is 0 Å². The van der Waals surface area contributed by atoms with Crippen molar-refractivity contribution in [1.82, 2.24) is 19.8 Å². The number of aromatic nitrogens is 2. The van der Waals surface area contributed by atoms with Crippen molar-refractivity contribution in [2.45, 2.75) is 45.2 Å². The quantitative estimate of drug-likeness (QED) is 0.906. The summed E-state index contributed by atoms with van der Waals surface area (Å²) >= 11 is 0. The highest BCUT2D eigenvalue weighted by Gasteiger charge is 2.34. The summed E-state index contributed by atoms with van der Waals surface area (Å²) in [7, 11) is 1.98. The lowest BCUT2D eigenvalue weighted by atomic mass is 9.85. The van der Waals surface area contributed by atoms with Gasteiger partial charge < -0.3 is 14.3 Å². The number of hydrogen-bond donors (Lipinski definition) is 1. The third-order valence-electron chi connectivity index (χ3n) is 5.49. The molecule has 1 atom stereocenters. The summed E-state index contributed by atoms with van der Waals surface area (Å²) in [4.78, 5) is 19.6. The Bertz CT molecular complexity index is 759. The molecule has 1 aliphatic carbocycles. The lowest BCUT2D eigenvalue weighted by Crippen LogP contribution is -2.43. The van der Waals surface area contributed by atoms with Gasteiger partial charge in [0.2, 0.25) is 5.91 Å². The first-order chi connectivity index (χ1) is 12.1. The highest BCUT2D eigenvalue weighted by atomic mass is 16.3. The molecule has 0 unspecified atom stereocenters. The lowest BCUT2D eigenvalue weighted by Gasteiger charge is -2.32. The molecule has 2 aromatic rings. The van der Waals surface area contributed by atoms with Crippen LogP contribution in [0.4, 0.5) is 0 Å². The van der Waals surface area contributed by atoms with Gasteiger partial charge in [-0.3, -0.25) is 9.69 Å². The largest absolute Gasteiger partial charge is 0.465 e. The van der Waals surface area contributed by atoms with E-state index < -0.39 is 0 Å². The fraction of sp³-hybridized carbons (Fsp3) is 0.579. The molecular weight excluding hydrogens is 316 g/mol. The summed E-state index contributed by atoms with van der Waals surface area (Å²) in [6.45, 7) is 4.91. The minimum atomic E-state index is -0.174. The smallest absolute Gasteiger partial charge is 0.230 e. The van der Waals surface area contributed by atoms with E-state index in [2.05, 4.69) is 15.2 Å². The van der Waals surface area contributed by atoms with Gasteiger partial charge in [-0.1, -0.05) is 6.42 Å². The van der Waals surface area contributed by atoms with Gasteiger partial charge >= 0.3 is 0 Å². The number of fused-ring (bicyclic) bond motifs is 1. The standard InChI is InChI=1S/C19H26N4O2/c1-13-6-7-15(25-13)9-23-10-16(18-17(11-23)21-12-22(18)2)19(24)20-8-14-4-3-5-14/h6-7,12,14,16H,3-5,8-11H2,1-2H3,(H,20,24)/t16-/m1/s1. The summed E-state index contributed by atoms with van der Waals surface area (Å²) in [5.41, 5.74) is 2.05. The second-order valence-corrected chi connectivity index (χ2v) is 7.46. The highest BCUT2D eigenvalue weighted by Crippen LogP contribution is 2.30. The number of imidazole rings is 1. The van der Waals surface area contributed by atoms with Crippen LogP contribution >= 0.6 is 0 Å². The molecule has 0 spiro atoms. The Morgan fingerprint density at radius 2 is 2.24 bits per heavy atom. The summed E-state index contributed by atoms with van der Waals surface area (Å²) in [6, 6.07) is 3.99. The number of carbonyl (C=O) groups is 1. The van der Waals surface area contributed by atoms with Crippen molar-refractivity contribution in [1.29, 1.82) is 0 Å². The van der Waals surface area contributed by atoms with E-state index in [9.17, 15) is 4.79 Å². The van der Waals surface area contributed by atoms with Gasteiger partial charge in [-0.2, -0.15) is 0 Å². The van der Waals surface area contributed by atoms with Crippen LogP contribution < -0.4 is 5.32 Å². The van der Waals surface area contributed by atoms with Gasteiger partial charge in [0.1, 0.15) is 11.5 Å². The van der Waals surface area contributed by atoms with Crippen LogP contribution in [-0.2, 0) is 24.9 Å². The van der Waals surface area contributed by atoms with Crippen molar-refractivity contribution in [2.75, 3.05) is 13.1 Å². The minimum absolute atomic E-state index is 0.122. The lowest BCUT2D eigenvalue weighted by molar-refractivity contribution is -0.123. The van der Waals surface area contributed by atoms with Crippen molar-refractivity contribution in [3.63, 3.8) is 0 Å². The molecule has 3 heterocycles. The average molecular weight is 342 g/mol. The fourth-order valence-electron chi connectivity index (χ4n) is 3.86. The fourth-order valence-corrected chi connectivity index (χ4v) is 3.86. The number of rotatable bonds is 5. The van der Waals surface area contributed by atoms with Gasteiger partial charge in [0, 0.05) is 26.7 Å². The SMILES string of the molecule is Cc1ccc(CN2Cc3ncn(C)c3[C@H](C(=O)NCC3CCC3)C2)o1. The van der Waals surface area contributed by atoms with Gasteiger partial charge in [0.05, 0.1) is 30.2 Å². The maximum absolute atomic E-state index is 12.9. The number of aryl methyl sites for hydroxylation is 2. The molecule has 0 bridgehead atoms. The number of hydrogen-bond acceptors (Lipinski definition) is 4. The molecule has 1 fully saturated rings. The first kappa shape index (κ1) is 16.4. The predicted octanol–water partition coefficient (Wildman–Crippen LogP) is 2.34. The first-order valence-electron chi connectivity index (χ1n) is 9.15. The zero-order valence-corrected chi connectivity index (χ0v) is 15.0. The molecule has 2 aliphatic rings. The van der Waals surface area contributed by atoms with E-state index in [1.165, 1.54) is 19.3 Å². The monoisotopic (exact) mass is 342 g/mol. The molecule has 4 rings (SSSR count). The molecular formula is C19H26N4O2. The van der Waals surface area contributed by atoms with E-state index in [1.807, 2.05) is 37.0 Å². The molecule has 1 amide bonds. The third-order valence-corrected chi connectivity index (χ3v) is 5.49. The molecule has 0 radical (unpaired) electrons. The molecule has 1 saturated carbocycles. The van der Waals surface area contributed by atoms with Gasteiger partial charge in [-0.05, 0) is 37.8 Å². The number of furan rings is 1. The van der Waals surface area contributed by atoms with Crippen molar-refractivity contribution in [2.24, 2.45) is 13.0 Å². The number of nitrogens with one attached hydrogen (secondary N) is 1. The average Bonchev–Trinajstić information content (AvgIpc) is 3.11. The van der Waals surface area contributed by atoms with Crippen molar-refractivity contribution in [3.8, 4) is 0 Å². The Kier molecular flexibility index (Phi) is 4.37. The molecule has 2 aromatic heterocycles. The molecule has 0 saturated heterocycles. The molecule has 0 aromatic carbocycles. The topological polar surface area (TPSA) is 63.3 Å². The zero-order valence-electron chi connectivity index (χ0n) is 15.0. The summed E-state index contributed by atoms with van der Waals surface area (Å²) in [6.07, 6.45) is 5.60. The maximum atomic E-state index is 12.9. The van der Waals surface area contributed by atoms with E-state index in [0.29, 0.717) is 19.0 Å². The maximum Gasteiger partial charge on any atom is 0.230 e. The van der Waals surface area contributed by atoms with E-state index in [4.69, 9.17) is 4.42 Å². The Morgan fingerprint density at radius 3 is 2.92 bits per heavy atom. The Hall–Kier alpha value is -2.08. The first-order valence-corrected chi connectivity index (χ1v) is 9.15. The van der Waals surface area contributed by atoms with Gasteiger partial charge in [0.15, 0.2) is 0 Å². The third kappa shape index (κ3) is 3.35. The predicted molar refractivity (Wildman–Crippen MR) is 93.9 cm³/mol. The Balaban J connectivity index is 1.49. The van der Waals surface area contributed by atoms with Crippen LogP contribution in [0.5, 0.6) is 0 Å². The Labute approximate surface area is 148 Å². The van der Waals surface area contributed by atoms with Gasteiger partial charge in [-0.25, -0.2) is 4.98 Å². The van der Waals surface area contributed by atoms with E-state index in [-0.39, 0.29) is 11.8 Å². The highest BCUT2D eigenvalue weighted by molar-refractivity contribution is 5.84. The molecule has 6 nitrogen and oxygen atoms in total. The van der Waals surface area contributed by atoms with Gasteiger partial charge in [-0.15, -0.1) is 0 Å². The molecule has 25 heavy (non-hydrogen) atoms. The summed E-state index contributed by atoms with van der Waals surface area (Å²) < 4.78 is 7.71. The van der Waals surface area contributed by atoms with Crippen LogP contribution in [0.2, 0.25) is 0 Å². The number of nitrogens with zero attached hydrogens (tertiary/aromatic N) is 3. The van der Waals surface area contributed by atoms with Crippen LogP contribution in [0.3, 0.4) is 0 Å². The number of amides is 1. The van der Waals surface area contributed by atoms with Crippen molar-refractivity contribution < 1.29 is 9.21 Å². The summed E-state index contributed by atoms with van der Waals surface area (Å²) in [5.74, 6) is 2.47. The zero-order chi connectivity index (χ0) is 17.4. The van der Waals surface area contributed by atoms with Crippen LogP contribution in [0, 0.1) is 12.8 Å². The minimum Gasteiger partial charge on any atom is -0.465 e. The van der Waals surface area contributed by atoms with E-state index in [0.717, 1.165) is 36.0 Å². The number of carbonyl (C=O) groups excluding carboxylic acids is 1. The van der Waals surface area contributed by atoms with Crippen molar-refractivity contribution in [3.05, 3.63) is 41.4 Å². The van der Waals surface area contributed by atoms with Crippen LogP contribution in [0.25, 0.3) is 0 Å². The van der Waals surface area contributed by atoms with Gasteiger partial charge in [0.25, 0.3) is 0 Å². The molecule has 1 aliphatic heterocycles. The van der Waals surface area contributed by atoms with Crippen LogP contribution in [-0.4, -0.2) is 33.4 Å². The van der Waals surface area contributed by atoms with E-state index in [1.54, 1.807) is 0 Å². The molecule has 6 heteroatoms. The summed E-state index contributed by atoms with van der Waals surface area (Å²) in [5, 5.41) is 3.17. The Morgan fingerprint density at radius 1 is 1.40 bits per heavy atom. The van der Waals surface area contributed by atoms with Crippen LogP contribution in [0.1, 0.15) is 48.1 Å². The van der Waals surface area contributed by atoms with Crippen LogP contribution in [0.15, 0.2) is 22.9 Å². The molecule has 134 valence electrons. The second-order valence-electron chi connectivity index (χ2n) is 7.46. The second kappa shape index (κ2) is 6.67.